The van der Waals surface area contributed by atoms with Crippen LogP contribution in [0, 0.1) is 0 Å². The number of ether oxygens (including phenoxy) is 2. The Hall–Kier alpha value is -2.21. The molecule has 2 heterocycles. The van der Waals surface area contributed by atoms with E-state index in [9.17, 15) is 8.42 Å². The van der Waals surface area contributed by atoms with Gasteiger partial charge in [0.05, 0.1) is 23.8 Å². The molecule has 0 fully saturated rings. The molecule has 0 saturated carbocycles. The van der Waals surface area contributed by atoms with Crippen molar-refractivity contribution in [2.24, 2.45) is 0 Å². The molecule has 0 spiro atoms. The van der Waals surface area contributed by atoms with Gasteiger partial charge in [0, 0.05) is 24.0 Å². The number of hydrogen-bond acceptors (Lipinski definition) is 4. The summed E-state index contributed by atoms with van der Waals surface area (Å²) in [5.41, 5.74) is 4.89. The normalized spacial score (nSPS) is 17.7. The van der Waals surface area contributed by atoms with Crippen LogP contribution in [-0.2, 0) is 35.7 Å². The molecule has 0 aromatic heterocycles. The largest absolute Gasteiger partial charge is 0.493 e. The minimum Gasteiger partial charge on any atom is -0.493 e. The van der Waals surface area contributed by atoms with Gasteiger partial charge in [0.15, 0.2) is 0 Å². The van der Waals surface area contributed by atoms with Crippen LogP contribution >= 0.6 is 0 Å². The number of nitrogens with one attached hydrogen (secondary N) is 1. The summed E-state index contributed by atoms with van der Waals surface area (Å²) in [5, 5.41) is 0. The van der Waals surface area contributed by atoms with E-state index >= 15 is 0 Å². The summed E-state index contributed by atoms with van der Waals surface area (Å²) in [4.78, 5) is 0.321. The Balaban J connectivity index is 1.56. The van der Waals surface area contributed by atoms with Gasteiger partial charge in [-0.2, -0.15) is 0 Å². The van der Waals surface area contributed by atoms with Crippen molar-refractivity contribution in [2.45, 2.75) is 43.4 Å². The van der Waals surface area contributed by atoms with Crippen molar-refractivity contribution < 1.29 is 17.9 Å². The quantitative estimate of drug-likeness (QED) is 0.900. The third kappa shape index (κ3) is 2.55. The van der Waals surface area contributed by atoms with Crippen molar-refractivity contribution in [3.63, 3.8) is 0 Å². The second-order valence-corrected chi connectivity index (χ2v) is 8.84. The second kappa shape index (κ2) is 5.91. The molecule has 5 rings (SSSR count). The summed E-state index contributed by atoms with van der Waals surface area (Å²) < 4.78 is 40.4. The van der Waals surface area contributed by atoms with Crippen LogP contribution in [0.1, 0.15) is 35.1 Å². The third-order valence-electron chi connectivity index (χ3n) is 5.52. The lowest BCUT2D eigenvalue weighted by Gasteiger charge is -2.18. The van der Waals surface area contributed by atoms with Crippen LogP contribution in [0.2, 0.25) is 0 Å². The molecule has 0 amide bonds. The molecule has 2 aromatic rings. The Kier molecular flexibility index (Phi) is 3.64. The van der Waals surface area contributed by atoms with Crippen molar-refractivity contribution in [3.05, 3.63) is 46.5 Å². The van der Waals surface area contributed by atoms with E-state index < -0.39 is 10.0 Å². The zero-order valence-corrected chi connectivity index (χ0v) is 15.3. The van der Waals surface area contributed by atoms with Gasteiger partial charge in [-0.1, -0.05) is 6.07 Å². The molecule has 26 heavy (non-hydrogen) atoms. The average Bonchev–Trinajstić information content (AvgIpc) is 3.30. The van der Waals surface area contributed by atoms with Gasteiger partial charge < -0.3 is 9.47 Å². The summed E-state index contributed by atoms with van der Waals surface area (Å²) in [6.45, 7) is 1.15. The number of anilines is 1. The number of hydrogen-bond donors (Lipinski definition) is 1. The van der Waals surface area contributed by atoms with Crippen LogP contribution < -0.4 is 14.2 Å². The topological polar surface area (TPSA) is 64.6 Å². The SMILES string of the molecule is O=S(=O)(Nc1c2c(cc3c1OCC3)OCC2)c1ccc2c(c1)CCCC2. The van der Waals surface area contributed by atoms with Gasteiger partial charge in [-0.3, -0.25) is 4.72 Å². The standard InChI is InChI=1S/C20H21NO4S/c22-26(23,16-6-5-13-3-1-2-4-14(13)11-16)21-19-17-8-10-24-18(17)12-15-7-9-25-20(15)19/h5-6,11-12,21H,1-4,7-10H2. The minimum absolute atomic E-state index is 0.321. The Labute approximate surface area is 153 Å². The van der Waals surface area contributed by atoms with Crippen molar-refractivity contribution in [3.8, 4) is 11.5 Å². The van der Waals surface area contributed by atoms with E-state index in [0.717, 1.165) is 48.1 Å². The number of sulfonamides is 1. The fourth-order valence-electron chi connectivity index (χ4n) is 4.16. The van der Waals surface area contributed by atoms with E-state index in [4.69, 9.17) is 9.47 Å². The fourth-order valence-corrected chi connectivity index (χ4v) is 5.31. The van der Waals surface area contributed by atoms with E-state index in [0.29, 0.717) is 36.0 Å². The lowest BCUT2D eigenvalue weighted by atomic mass is 9.92. The maximum absolute atomic E-state index is 13.1. The molecule has 1 aliphatic carbocycles. The van der Waals surface area contributed by atoms with Crippen molar-refractivity contribution in [1.29, 1.82) is 0 Å². The van der Waals surface area contributed by atoms with Crippen LogP contribution in [0.15, 0.2) is 29.2 Å². The van der Waals surface area contributed by atoms with E-state index in [1.165, 1.54) is 12.0 Å². The van der Waals surface area contributed by atoms with Gasteiger partial charge in [0.1, 0.15) is 11.5 Å². The van der Waals surface area contributed by atoms with E-state index in [1.54, 1.807) is 6.07 Å². The average molecular weight is 371 g/mol. The molecule has 0 unspecified atom stereocenters. The van der Waals surface area contributed by atoms with Crippen molar-refractivity contribution >= 4 is 15.7 Å². The number of rotatable bonds is 3. The molecule has 2 aliphatic heterocycles. The fraction of sp³-hybridized carbons (Fsp3) is 0.400. The molecule has 136 valence electrons. The maximum atomic E-state index is 13.1. The van der Waals surface area contributed by atoms with E-state index in [2.05, 4.69) is 4.72 Å². The molecule has 3 aliphatic rings. The van der Waals surface area contributed by atoms with Crippen LogP contribution in [0.4, 0.5) is 5.69 Å². The van der Waals surface area contributed by atoms with Crippen molar-refractivity contribution in [1.82, 2.24) is 0 Å². The summed E-state index contributed by atoms with van der Waals surface area (Å²) in [5.74, 6) is 1.44. The highest BCUT2D eigenvalue weighted by Crippen LogP contribution is 2.45. The molecule has 6 heteroatoms. The Morgan fingerprint density at radius 2 is 1.65 bits per heavy atom. The molecule has 2 aromatic carbocycles. The number of fused-ring (bicyclic) bond motifs is 3. The monoisotopic (exact) mass is 371 g/mol. The number of aryl methyl sites for hydroxylation is 2. The van der Waals surface area contributed by atoms with Gasteiger partial charge >= 0.3 is 0 Å². The third-order valence-corrected chi connectivity index (χ3v) is 6.86. The first-order valence-corrected chi connectivity index (χ1v) is 10.7. The summed E-state index contributed by atoms with van der Waals surface area (Å²) in [7, 11) is -3.68. The van der Waals surface area contributed by atoms with E-state index in [1.807, 2.05) is 18.2 Å². The highest BCUT2D eigenvalue weighted by atomic mass is 32.2. The lowest BCUT2D eigenvalue weighted by Crippen LogP contribution is -2.16. The maximum Gasteiger partial charge on any atom is 0.262 e. The van der Waals surface area contributed by atoms with Crippen LogP contribution in [0.25, 0.3) is 0 Å². The molecule has 0 atom stereocenters. The first-order chi connectivity index (χ1) is 12.6. The summed E-state index contributed by atoms with van der Waals surface area (Å²) in [6.07, 6.45) is 5.75. The summed E-state index contributed by atoms with van der Waals surface area (Å²) >= 11 is 0. The predicted molar refractivity (Wildman–Crippen MR) is 98.7 cm³/mol. The Morgan fingerprint density at radius 3 is 2.54 bits per heavy atom. The summed E-state index contributed by atoms with van der Waals surface area (Å²) in [6, 6.07) is 7.49. The van der Waals surface area contributed by atoms with Crippen LogP contribution in [0.5, 0.6) is 11.5 Å². The van der Waals surface area contributed by atoms with E-state index in [-0.39, 0.29) is 0 Å². The zero-order chi connectivity index (χ0) is 17.7. The van der Waals surface area contributed by atoms with Gasteiger partial charge in [-0.25, -0.2) is 8.42 Å². The first kappa shape index (κ1) is 16.0. The molecule has 1 N–H and O–H groups in total. The molecular weight excluding hydrogens is 350 g/mol. The first-order valence-electron chi connectivity index (χ1n) is 9.21. The molecular formula is C20H21NO4S. The molecule has 0 radical (unpaired) electrons. The second-order valence-electron chi connectivity index (χ2n) is 7.16. The van der Waals surface area contributed by atoms with Crippen LogP contribution in [0.3, 0.4) is 0 Å². The van der Waals surface area contributed by atoms with Gasteiger partial charge in [-0.15, -0.1) is 0 Å². The smallest absolute Gasteiger partial charge is 0.262 e. The highest BCUT2D eigenvalue weighted by molar-refractivity contribution is 7.92. The lowest BCUT2D eigenvalue weighted by molar-refractivity contribution is 0.356. The Bertz CT molecular complexity index is 965. The predicted octanol–water partition coefficient (Wildman–Crippen LogP) is 3.24. The Morgan fingerprint density at radius 1 is 0.846 bits per heavy atom. The highest BCUT2D eigenvalue weighted by Gasteiger charge is 2.29. The molecule has 5 nitrogen and oxygen atoms in total. The van der Waals surface area contributed by atoms with Gasteiger partial charge in [0.2, 0.25) is 0 Å². The molecule has 0 bridgehead atoms. The van der Waals surface area contributed by atoms with Crippen molar-refractivity contribution in [2.75, 3.05) is 17.9 Å². The zero-order valence-electron chi connectivity index (χ0n) is 14.5. The molecule has 0 saturated heterocycles. The van der Waals surface area contributed by atoms with Gasteiger partial charge in [0.25, 0.3) is 10.0 Å². The van der Waals surface area contributed by atoms with Crippen LogP contribution in [-0.4, -0.2) is 21.6 Å². The minimum atomic E-state index is -3.68. The van der Waals surface area contributed by atoms with Gasteiger partial charge in [-0.05, 0) is 55.0 Å². The number of benzene rings is 2.